The number of nitrogens with one attached hydrogen (secondary N) is 1. The van der Waals surface area contributed by atoms with Gasteiger partial charge in [-0.3, -0.25) is 4.79 Å². The van der Waals surface area contributed by atoms with Crippen LogP contribution in [-0.4, -0.2) is 22.4 Å². The Hall–Kier alpha value is -3.35. The van der Waals surface area contributed by atoms with Crippen molar-refractivity contribution in [1.29, 1.82) is 0 Å². The summed E-state index contributed by atoms with van der Waals surface area (Å²) in [5.74, 6) is -1.34. The topological polar surface area (TPSA) is 58.1 Å². The molecule has 28 heavy (non-hydrogen) atoms. The normalized spacial score (nSPS) is 13.2. The molecule has 142 valence electrons. The van der Waals surface area contributed by atoms with Crippen LogP contribution in [0.25, 0.3) is 0 Å². The van der Waals surface area contributed by atoms with Crippen LogP contribution in [-0.2, 0) is 13.0 Å². The van der Waals surface area contributed by atoms with E-state index in [0.29, 0.717) is 18.2 Å². The minimum Gasteiger partial charge on any atom is -0.352 e. The molecule has 0 radical (unpaired) electrons. The zero-order chi connectivity index (χ0) is 19.7. The number of hydrogen-bond acceptors (Lipinski definition) is 4. The van der Waals surface area contributed by atoms with Crippen molar-refractivity contribution in [1.82, 2.24) is 9.97 Å². The zero-order valence-electron chi connectivity index (χ0n) is 15.2. The average molecular weight is 380 g/mol. The number of aryl methyl sites for hydroxylation is 1. The standard InChI is InChI=1S/C21H18F2N4O/c1-13-24-18(21(28)26-20-16(22)7-4-8-17(20)23)11-19(25-13)27-10-9-14-5-2-3-6-15(14)12-27/h2-8,11H,9-10,12H2,1H3,(H,26,28). The highest BCUT2D eigenvalue weighted by Gasteiger charge is 2.20. The van der Waals surface area contributed by atoms with Crippen molar-refractivity contribution >= 4 is 17.4 Å². The molecule has 0 atom stereocenters. The minimum absolute atomic E-state index is 0.0593. The van der Waals surface area contributed by atoms with Crippen LogP contribution < -0.4 is 10.2 Å². The molecular weight excluding hydrogens is 362 g/mol. The van der Waals surface area contributed by atoms with Gasteiger partial charge in [-0.15, -0.1) is 0 Å². The van der Waals surface area contributed by atoms with E-state index < -0.39 is 23.2 Å². The molecule has 0 saturated heterocycles. The smallest absolute Gasteiger partial charge is 0.274 e. The van der Waals surface area contributed by atoms with Gasteiger partial charge in [-0.1, -0.05) is 30.3 Å². The highest BCUT2D eigenvalue weighted by molar-refractivity contribution is 6.03. The van der Waals surface area contributed by atoms with Crippen LogP contribution in [0.1, 0.15) is 27.4 Å². The number of carbonyl (C=O) groups is 1. The number of anilines is 2. The molecule has 4 rings (SSSR count). The second kappa shape index (κ2) is 7.34. The van der Waals surface area contributed by atoms with Crippen molar-refractivity contribution in [2.75, 3.05) is 16.8 Å². The number of aromatic nitrogens is 2. The lowest BCUT2D eigenvalue weighted by Crippen LogP contribution is -2.31. The Morgan fingerprint density at radius 1 is 1.04 bits per heavy atom. The molecule has 0 spiro atoms. The van der Waals surface area contributed by atoms with Gasteiger partial charge in [0.2, 0.25) is 0 Å². The van der Waals surface area contributed by atoms with E-state index in [1.165, 1.54) is 17.2 Å². The Labute approximate surface area is 161 Å². The van der Waals surface area contributed by atoms with E-state index in [2.05, 4.69) is 32.3 Å². The van der Waals surface area contributed by atoms with E-state index in [1.54, 1.807) is 13.0 Å². The molecule has 1 aliphatic rings. The summed E-state index contributed by atoms with van der Waals surface area (Å²) in [6, 6.07) is 13.2. The number of halogens is 2. The first-order valence-electron chi connectivity index (χ1n) is 8.94. The van der Waals surface area contributed by atoms with Crippen LogP contribution in [0, 0.1) is 18.6 Å². The summed E-state index contributed by atoms with van der Waals surface area (Å²) in [6.07, 6.45) is 0.876. The fourth-order valence-corrected chi connectivity index (χ4v) is 3.32. The molecule has 0 fully saturated rings. The summed E-state index contributed by atoms with van der Waals surface area (Å²) in [5, 5.41) is 2.27. The number of nitrogens with zero attached hydrogens (tertiary/aromatic N) is 3. The van der Waals surface area contributed by atoms with E-state index in [4.69, 9.17) is 0 Å². The predicted octanol–water partition coefficient (Wildman–Crippen LogP) is 3.88. The SMILES string of the molecule is Cc1nc(C(=O)Nc2c(F)cccc2F)cc(N2CCc3ccccc3C2)n1. The van der Waals surface area contributed by atoms with Gasteiger partial charge < -0.3 is 10.2 Å². The lowest BCUT2D eigenvalue weighted by Gasteiger charge is -2.30. The van der Waals surface area contributed by atoms with Gasteiger partial charge in [0, 0.05) is 19.2 Å². The van der Waals surface area contributed by atoms with Crippen molar-refractivity contribution in [3.05, 3.63) is 82.8 Å². The first-order chi connectivity index (χ1) is 13.5. The van der Waals surface area contributed by atoms with Gasteiger partial charge in [0.15, 0.2) is 0 Å². The lowest BCUT2D eigenvalue weighted by atomic mass is 10.00. The highest BCUT2D eigenvalue weighted by atomic mass is 19.1. The van der Waals surface area contributed by atoms with Crippen molar-refractivity contribution in [3.63, 3.8) is 0 Å². The maximum absolute atomic E-state index is 13.8. The third-order valence-electron chi connectivity index (χ3n) is 4.71. The zero-order valence-corrected chi connectivity index (χ0v) is 15.2. The molecule has 5 nitrogen and oxygen atoms in total. The first-order valence-corrected chi connectivity index (χ1v) is 8.94. The summed E-state index contributed by atoms with van der Waals surface area (Å²) >= 11 is 0. The molecule has 1 aromatic heterocycles. The maximum atomic E-state index is 13.8. The molecular formula is C21H18F2N4O. The highest BCUT2D eigenvalue weighted by Crippen LogP contribution is 2.24. The van der Waals surface area contributed by atoms with E-state index in [-0.39, 0.29) is 5.69 Å². The Bertz CT molecular complexity index is 1030. The third-order valence-corrected chi connectivity index (χ3v) is 4.71. The third kappa shape index (κ3) is 3.55. The number of amides is 1. The Morgan fingerprint density at radius 3 is 2.50 bits per heavy atom. The van der Waals surface area contributed by atoms with Crippen molar-refractivity contribution in [2.24, 2.45) is 0 Å². The van der Waals surface area contributed by atoms with Gasteiger partial charge in [0.1, 0.15) is 34.7 Å². The summed E-state index contributed by atoms with van der Waals surface area (Å²) in [6.45, 7) is 3.12. The van der Waals surface area contributed by atoms with Crippen LogP contribution in [0.15, 0.2) is 48.5 Å². The van der Waals surface area contributed by atoms with Crippen LogP contribution in [0.5, 0.6) is 0 Å². The van der Waals surface area contributed by atoms with Crippen LogP contribution in [0.4, 0.5) is 20.3 Å². The second-order valence-electron chi connectivity index (χ2n) is 6.65. The molecule has 1 amide bonds. The van der Waals surface area contributed by atoms with Crippen molar-refractivity contribution < 1.29 is 13.6 Å². The van der Waals surface area contributed by atoms with Gasteiger partial charge in [-0.25, -0.2) is 18.7 Å². The van der Waals surface area contributed by atoms with Crippen molar-refractivity contribution in [3.8, 4) is 0 Å². The number of carbonyl (C=O) groups excluding carboxylic acids is 1. The molecule has 1 N–H and O–H groups in total. The van der Waals surface area contributed by atoms with Crippen molar-refractivity contribution in [2.45, 2.75) is 19.9 Å². The second-order valence-corrected chi connectivity index (χ2v) is 6.65. The Kier molecular flexibility index (Phi) is 4.73. The van der Waals surface area contributed by atoms with Gasteiger partial charge in [0.25, 0.3) is 5.91 Å². The summed E-state index contributed by atoms with van der Waals surface area (Å²) in [7, 11) is 0. The summed E-state index contributed by atoms with van der Waals surface area (Å²) < 4.78 is 27.6. The van der Waals surface area contributed by atoms with Gasteiger partial charge in [0.05, 0.1) is 0 Å². The van der Waals surface area contributed by atoms with Gasteiger partial charge in [-0.2, -0.15) is 0 Å². The minimum atomic E-state index is -0.841. The van der Waals surface area contributed by atoms with E-state index in [0.717, 1.165) is 25.1 Å². The van der Waals surface area contributed by atoms with Crippen LogP contribution in [0.3, 0.4) is 0 Å². The van der Waals surface area contributed by atoms with Crippen LogP contribution >= 0.6 is 0 Å². The van der Waals surface area contributed by atoms with Gasteiger partial charge >= 0.3 is 0 Å². The number of para-hydroxylation sites is 1. The largest absolute Gasteiger partial charge is 0.352 e. The average Bonchev–Trinajstić information content (AvgIpc) is 2.70. The molecule has 2 heterocycles. The quantitative estimate of drug-likeness (QED) is 0.749. The monoisotopic (exact) mass is 380 g/mol. The molecule has 0 saturated carbocycles. The van der Waals surface area contributed by atoms with E-state index in [9.17, 15) is 13.6 Å². The maximum Gasteiger partial charge on any atom is 0.274 e. The Balaban J connectivity index is 1.60. The molecule has 0 bridgehead atoms. The molecule has 2 aromatic carbocycles. The van der Waals surface area contributed by atoms with Crippen LogP contribution in [0.2, 0.25) is 0 Å². The fourth-order valence-electron chi connectivity index (χ4n) is 3.32. The lowest BCUT2D eigenvalue weighted by molar-refractivity contribution is 0.102. The fraction of sp³-hybridized carbons (Fsp3) is 0.190. The predicted molar refractivity (Wildman–Crippen MR) is 102 cm³/mol. The molecule has 0 aliphatic carbocycles. The Morgan fingerprint density at radius 2 is 1.75 bits per heavy atom. The van der Waals surface area contributed by atoms with Gasteiger partial charge in [-0.05, 0) is 36.6 Å². The number of fused-ring (bicyclic) bond motifs is 1. The molecule has 7 heteroatoms. The molecule has 3 aromatic rings. The van der Waals surface area contributed by atoms with E-state index in [1.807, 2.05) is 12.1 Å². The summed E-state index contributed by atoms with van der Waals surface area (Å²) in [4.78, 5) is 23.2. The molecule has 1 aliphatic heterocycles. The van der Waals surface area contributed by atoms with E-state index >= 15 is 0 Å². The number of rotatable bonds is 3. The molecule has 0 unspecified atom stereocenters. The number of benzene rings is 2. The summed E-state index contributed by atoms with van der Waals surface area (Å²) in [5.41, 5.74) is 2.09. The number of hydrogen-bond donors (Lipinski definition) is 1. The first kappa shape index (κ1) is 18.0.